The highest BCUT2D eigenvalue weighted by molar-refractivity contribution is 5.90. The molecule has 0 bridgehead atoms. The van der Waals surface area contributed by atoms with Gasteiger partial charge >= 0.3 is 5.97 Å². The zero-order valence-corrected chi connectivity index (χ0v) is 10.5. The van der Waals surface area contributed by atoms with Gasteiger partial charge in [0.15, 0.2) is 0 Å². The molecule has 5 heteroatoms. The first-order valence-corrected chi connectivity index (χ1v) is 5.83. The summed E-state index contributed by atoms with van der Waals surface area (Å²) in [5.41, 5.74) is 4.67. The lowest BCUT2D eigenvalue weighted by Crippen LogP contribution is -2.10. The minimum absolute atomic E-state index is 0.216. The van der Waals surface area contributed by atoms with Gasteiger partial charge in [-0.15, -0.1) is 0 Å². The number of ether oxygens (including phenoxy) is 1. The maximum atomic E-state index is 13.3. The summed E-state index contributed by atoms with van der Waals surface area (Å²) < 4.78 is 31.1. The fourth-order valence-corrected chi connectivity index (χ4v) is 1.46. The van der Waals surface area contributed by atoms with Gasteiger partial charge in [-0.25, -0.2) is 13.6 Å². The number of rotatable bonds is 5. The number of nitrogens with two attached hydrogens (primary N) is 1. The van der Waals surface area contributed by atoms with Crippen LogP contribution in [-0.4, -0.2) is 12.6 Å². The molecule has 0 radical (unpaired) electrons. The summed E-state index contributed by atoms with van der Waals surface area (Å²) >= 11 is 0. The van der Waals surface area contributed by atoms with Gasteiger partial charge in [-0.2, -0.15) is 0 Å². The summed E-state index contributed by atoms with van der Waals surface area (Å²) in [6, 6.07) is 1.54. The van der Waals surface area contributed by atoms with Crippen molar-refractivity contribution in [1.29, 1.82) is 0 Å². The molecule has 0 spiro atoms. The van der Waals surface area contributed by atoms with E-state index in [1.165, 1.54) is 0 Å². The molecular formula is C13H17F2NO2. The summed E-state index contributed by atoms with van der Waals surface area (Å²) in [5, 5.41) is 0. The summed E-state index contributed by atoms with van der Waals surface area (Å²) in [7, 11) is 0. The Balaban J connectivity index is 2.59. The van der Waals surface area contributed by atoms with Crippen molar-refractivity contribution in [2.24, 2.45) is 5.92 Å². The standard InChI is InChI=1S/C13H17F2NO2/c1-8(2)4-3-5-18-13(17)9-6-12(16)11(15)7-10(9)14/h6-8H,3-5,16H2,1-2H3. The van der Waals surface area contributed by atoms with E-state index in [2.05, 4.69) is 13.8 Å². The Morgan fingerprint density at radius 3 is 2.61 bits per heavy atom. The van der Waals surface area contributed by atoms with Gasteiger partial charge in [-0.1, -0.05) is 13.8 Å². The van der Waals surface area contributed by atoms with Crippen LogP contribution in [0.4, 0.5) is 14.5 Å². The second-order valence-electron chi connectivity index (χ2n) is 4.53. The minimum atomic E-state index is -0.962. The van der Waals surface area contributed by atoms with Crippen molar-refractivity contribution in [3.8, 4) is 0 Å². The number of carbonyl (C=O) groups is 1. The lowest BCUT2D eigenvalue weighted by molar-refractivity contribution is 0.0489. The third kappa shape index (κ3) is 3.98. The first-order chi connectivity index (χ1) is 8.41. The van der Waals surface area contributed by atoms with Gasteiger partial charge in [0.2, 0.25) is 0 Å². The van der Waals surface area contributed by atoms with E-state index in [0.717, 1.165) is 12.5 Å². The molecule has 3 nitrogen and oxygen atoms in total. The van der Waals surface area contributed by atoms with Crippen molar-refractivity contribution < 1.29 is 18.3 Å². The molecule has 0 saturated heterocycles. The van der Waals surface area contributed by atoms with Crippen LogP contribution in [0, 0.1) is 17.6 Å². The number of anilines is 1. The van der Waals surface area contributed by atoms with Crippen LogP contribution in [0.3, 0.4) is 0 Å². The summed E-state index contributed by atoms with van der Waals surface area (Å²) in [5.74, 6) is -2.15. The molecule has 1 aromatic rings. The Morgan fingerprint density at radius 2 is 2.00 bits per heavy atom. The molecule has 100 valence electrons. The maximum absolute atomic E-state index is 13.3. The SMILES string of the molecule is CC(C)CCCOC(=O)c1cc(N)c(F)cc1F. The molecule has 18 heavy (non-hydrogen) atoms. The minimum Gasteiger partial charge on any atom is -0.462 e. The van der Waals surface area contributed by atoms with Crippen LogP contribution >= 0.6 is 0 Å². The quantitative estimate of drug-likeness (QED) is 0.501. The maximum Gasteiger partial charge on any atom is 0.341 e. The molecule has 0 unspecified atom stereocenters. The van der Waals surface area contributed by atoms with Crippen molar-refractivity contribution in [3.63, 3.8) is 0 Å². The average Bonchev–Trinajstić information content (AvgIpc) is 2.28. The number of hydrogen-bond acceptors (Lipinski definition) is 3. The van der Waals surface area contributed by atoms with E-state index in [9.17, 15) is 13.6 Å². The van der Waals surface area contributed by atoms with Crippen LogP contribution in [0.5, 0.6) is 0 Å². The summed E-state index contributed by atoms with van der Waals surface area (Å²) in [6.45, 7) is 4.33. The van der Waals surface area contributed by atoms with Crippen LogP contribution in [0.2, 0.25) is 0 Å². The van der Waals surface area contributed by atoms with Crippen molar-refractivity contribution >= 4 is 11.7 Å². The average molecular weight is 257 g/mol. The number of nitrogen functional groups attached to an aromatic ring is 1. The third-order valence-electron chi connectivity index (χ3n) is 2.47. The predicted molar refractivity (Wildman–Crippen MR) is 65.1 cm³/mol. The first kappa shape index (κ1) is 14.4. The number of hydrogen-bond donors (Lipinski definition) is 1. The molecule has 0 heterocycles. The second kappa shape index (κ2) is 6.33. The Kier molecular flexibility index (Phi) is 5.07. The highest BCUT2D eigenvalue weighted by atomic mass is 19.1. The van der Waals surface area contributed by atoms with E-state index in [1.807, 2.05) is 0 Å². The highest BCUT2D eigenvalue weighted by Crippen LogP contribution is 2.17. The molecule has 2 N–H and O–H groups in total. The molecule has 0 aliphatic rings. The highest BCUT2D eigenvalue weighted by Gasteiger charge is 2.16. The summed E-state index contributed by atoms with van der Waals surface area (Å²) in [4.78, 5) is 11.5. The van der Waals surface area contributed by atoms with Gasteiger partial charge in [0.05, 0.1) is 17.9 Å². The van der Waals surface area contributed by atoms with Gasteiger partial charge in [0, 0.05) is 6.07 Å². The first-order valence-electron chi connectivity index (χ1n) is 5.83. The zero-order chi connectivity index (χ0) is 13.7. The molecule has 0 amide bonds. The topological polar surface area (TPSA) is 52.3 Å². The van der Waals surface area contributed by atoms with E-state index in [4.69, 9.17) is 10.5 Å². The molecule has 0 saturated carbocycles. The van der Waals surface area contributed by atoms with E-state index in [0.29, 0.717) is 18.4 Å². The van der Waals surface area contributed by atoms with Gasteiger partial charge in [-0.3, -0.25) is 0 Å². The zero-order valence-electron chi connectivity index (χ0n) is 10.5. The second-order valence-corrected chi connectivity index (χ2v) is 4.53. The van der Waals surface area contributed by atoms with Crippen LogP contribution in [0.1, 0.15) is 37.0 Å². The van der Waals surface area contributed by atoms with Crippen LogP contribution < -0.4 is 5.73 Å². The van der Waals surface area contributed by atoms with E-state index >= 15 is 0 Å². The largest absolute Gasteiger partial charge is 0.462 e. The predicted octanol–water partition coefficient (Wildman–Crippen LogP) is 3.14. The van der Waals surface area contributed by atoms with Gasteiger partial charge in [0.25, 0.3) is 0 Å². The molecule has 0 aromatic heterocycles. The number of esters is 1. The number of carbonyl (C=O) groups excluding carboxylic acids is 1. The Morgan fingerprint density at radius 1 is 1.33 bits per heavy atom. The molecule has 0 fully saturated rings. The van der Waals surface area contributed by atoms with Crippen LogP contribution in [0.25, 0.3) is 0 Å². The molecule has 0 aliphatic heterocycles. The van der Waals surface area contributed by atoms with E-state index in [1.54, 1.807) is 0 Å². The molecule has 1 aromatic carbocycles. The number of benzene rings is 1. The lowest BCUT2D eigenvalue weighted by Gasteiger charge is -2.08. The Labute approximate surface area is 105 Å². The molecular weight excluding hydrogens is 240 g/mol. The van der Waals surface area contributed by atoms with Gasteiger partial charge < -0.3 is 10.5 Å². The smallest absolute Gasteiger partial charge is 0.341 e. The van der Waals surface area contributed by atoms with Crippen molar-refractivity contribution in [2.45, 2.75) is 26.7 Å². The van der Waals surface area contributed by atoms with Crippen molar-refractivity contribution in [2.75, 3.05) is 12.3 Å². The fraction of sp³-hybridized carbons (Fsp3) is 0.462. The molecule has 0 atom stereocenters. The Bertz CT molecular complexity index is 433. The monoisotopic (exact) mass is 257 g/mol. The van der Waals surface area contributed by atoms with Crippen LogP contribution in [-0.2, 0) is 4.74 Å². The van der Waals surface area contributed by atoms with Gasteiger partial charge in [-0.05, 0) is 24.8 Å². The van der Waals surface area contributed by atoms with Gasteiger partial charge in [0.1, 0.15) is 11.6 Å². The van der Waals surface area contributed by atoms with Crippen molar-refractivity contribution in [1.82, 2.24) is 0 Å². The van der Waals surface area contributed by atoms with Crippen molar-refractivity contribution in [3.05, 3.63) is 29.3 Å². The van der Waals surface area contributed by atoms with E-state index < -0.39 is 17.6 Å². The normalized spacial score (nSPS) is 10.7. The van der Waals surface area contributed by atoms with E-state index in [-0.39, 0.29) is 17.9 Å². The Hall–Kier alpha value is -1.65. The third-order valence-corrected chi connectivity index (χ3v) is 2.47. The van der Waals surface area contributed by atoms with Crippen LogP contribution in [0.15, 0.2) is 12.1 Å². The summed E-state index contributed by atoms with van der Waals surface area (Å²) in [6.07, 6.45) is 1.63. The number of halogens is 2. The molecule has 1 rings (SSSR count). The molecule has 0 aliphatic carbocycles. The lowest BCUT2D eigenvalue weighted by atomic mass is 10.1. The fourth-order valence-electron chi connectivity index (χ4n) is 1.46.